The fraction of sp³-hybridized carbons (Fsp3) is 0.208. The van der Waals surface area contributed by atoms with Gasteiger partial charge in [0, 0.05) is 23.1 Å². The smallest absolute Gasteiger partial charge is 0.194 e. The Morgan fingerprint density at radius 2 is 1.52 bits per heavy atom. The number of pyridine rings is 1. The molecule has 0 spiro atoms. The van der Waals surface area contributed by atoms with Gasteiger partial charge in [0.15, 0.2) is 0 Å². The fourth-order valence-electron chi connectivity index (χ4n) is 3.74. The minimum atomic E-state index is 0.537. The van der Waals surface area contributed by atoms with Crippen molar-refractivity contribution in [2.24, 2.45) is 7.05 Å². The van der Waals surface area contributed by atoms with Crippen LogP contribution >= 0.6 is 0 Å². The highest BCUT2D eigenvalue weighted by Crippen LogP contribution is 2.29. The molecule has 0 N–H and O–H groups in total. The van der Waals surface area contributed by atoms with Gasteiger partial charge < -0.3 is 0 Å². The van der Waals surface area contributed by atoms with Crippen molar-refractivity contribution in [2.75, 3.05) is 0 Å². The van der Waals surface area contributed by atoms with Crippen LogP contribution in [0.3, 0.4) is 0 Å². The number of aryl methyl sites for hydroxylation is 2. The molecule has 0 bridgehead atoms. The zero-order valence-electron chi connectivity index (χ0n) is 15.4. The fourth-order valence-corrected chi connectivity index (χ4v) is 3.74. The lowest BCUT2D eigenvalue weighted by molar-refractivity contribution is -0.633. The molecular weight excluding hydrogens is 302 g/mol. The van der Waals surface area contributed by atoms with Crippen molar-refractivity contribution in [1.29, 1.82) is 0 Å². The number of aromatic nitrogens is 1. The number of benzene rings is 3. The third-order valence-corrected chi connectivity index (χ3v) is 5.34. The van der Waals surface area contributed by atoms with Crippen LogP contribution in [-0.2, 0) is 7.05 Å². The number of hydrogen-bond acceptors (Lipinski definition) is 0. The summed E-state index contributed by atoms with van der Waals surface area (Å²) in [5.41, 5.74) is 6.58. The molecule has 1 aromatic heterocycles. The summed E-state index contributed by atoms with van der Waals surface area (Å²) in [7, 11) is 2.18. The van der Waals surface area contributed by atoms with Crippen molar-refractivity contribution >= 4 is 21.7 Å². The van der Waals surface area contributed by atoms with Crippen molar-refractivity contribution in [1.82, 2.24) is 0 Å². The van der Waals surface area contributed by atoms with Crippen molar-refractivity contribution < 1.29 is 4.57 Å². The Bertz CT molecular complexity index is 1090. The van der Waals surface area contributed by atoms with Gasteiger partial charge in [-0.25, -0.2) is 0 Å². The molecule has 0 saturated heterocycles. The Labute approximate surface area is 149 Å². The molecule has 3 aromatic carbocycles. The molecule has 1 heterocycles. The highest BCUT2D eigenvalue weighted by Gasteiger charge is 2.17. The monoisotopic (exact) mass is 326 g/mol. The predicted octanol–water partition coefficient (Wildman–Crippen LogP) is 5.92. The summed E-state index contributed by atoms with van der Waals surface area (Å²) in [5, 5.41) is 3.92. The minimum Gasteiger partial charge on any atom is -0.194 e. The Hall–Kier alpha value is -2.67. The van der Waals surface area contributed by atoms with Crippen LogP contribution < -0.4 is 4.57 Å². The summed E-state index contributed by atoms with van der Waals surface area (Å²) in [6.45, 7) is 6.73. The second-order valence-electron chi connectivity index (χ2n) is 7.21. The maximum Gasteiger partial charge on any atom is 0.213 e. The summed E-state index contributed by atoms with van der Waals surface area (Å²) < 4.78 is 2.33. The van der Waals surface area contributed by atoms with E-state index in [-0.39, 0.29) is 0 Å². The highest BCUT2D eigenvalue weighted by atomic mass is 14.9. The summed E-state index contributed by atoms with van der Waals surface area (Å²) in [5.74, 6) is 0.537. The first-order valence-electron chi connectivity index (χ1n) is 8.97. The van der Waals surface area contributed by atoms with Gasteiger partial charge in [0.2, 0.25) is 11.2 Å². The first-order chi connectivity index (χ1) is 12.1. The number of rotatable bonds is 2. The van der Waals surface area contributed by atoms with Crippen LogP contribution in [-0.4, -0.2) is 0 Å². The van der Waals surface area contributed by atoms with E-state index >= 15 is 0 Å². The second-order valence-corrected chi connectivity index (χ2v) is 7.21. The molecule has 0 saturated carbocycles. The molecule has 1 nitrogen and oxygen atoms in total. The van der Waals surface area contributed by atoms with E-state index in [2.05, 4.69) is 99.1 Å². The Kier molecular flexibility index (Phi) is 3.80. The quantitative estimate of drug-likeness (QED) is 0.403. The van der Waals surface area contributed by atoms with Crippen LogP contribution in [0.4, 0.5) is 0 Å². The van der Waals surface area contributed by atoms with Gasteiger partial charge in [-0.3, -0.25) is 0 Å². The maximum absolute atomic E-state index is 2.33. The summed E-state index contributed by atoms with van der Waals surface area (Å²) in [4.78, 5) is 0. The maximum atomic E-state index is 2.33. The lowest BCUT2D eigenvalue weighted by atomic mass is 9.96. The first-order valence-corrected chi connectivity index (χ1v) is 8.97. The van der Waals surface area contributed by atoms with Crippen molar-refractivity contribution in [3.05, 3.63) is 77.9 Å². The molecule has 0 fully saturated rings. The van der Waals surface area contributed by atoms with Gasteiger partial charge in [-0.1, -0.05) is 50.2 Å². The van der Waals surface area contributed by atoms with Crippen LogP contribution in [0.15, 0.2) is 66.7 Å². The molecular formula is C24H24N+. The normalized spacial score (nSPS) is 11.6. The standard InChI is InChI=1S/C24H24N/c1-16(2)20-10-9-19-12-14-23(25(4)24(19)15-20)22-13-11-18-7-5-6-8-21(18)17(22)3/h5-16H,1-4H3/q+1. The predicted molar refractivity (Wildman–Crippen MR) is 107 cm³/mol. The van der Waals surface area contributed by atoms with Gasteiger partial charge in [-0.15, -0.1) is 0 Å². The van der Waals surface area contributed by atoms with E-state index in [9.17, 15) is 0 Å². The molecule has 0 amide bonds. The Morgan fingerprint density at radius 3 is 2.32 bits per heavy atom. The molecule has 25 heavy (non-hydrogen) atoms. The van der Waals surface area contributed by atoms with Crippen LogP contribution in [0.25, 0.3) is 32.9 Å². The van der Waals surface area contributed by atoms with Crippen molar-refractivity contribution in [3.8, 4) is 11.3 Å². The molecule has 0 aliphatic heterocycles. The number of fused-ring (bicyclic) bond motifs is 2. The van der Waals surface area contributed by atoms with Crippen LogP contribution in [0.5, 0.6) is 0 Å². The highest BCUT2D eigenvalue weighted by molar-refractivity contribution is 5.91. The summed E-state index contributed by atoms with van der Waals surface area (Å²) in [6, 6.07) is 24.4. The number of nitrogens with zero attached hydrogens (tertiary/aromatic N) is 1. The molecule has 4 rings (SSSR count). The van der Waals surface area contributed by atoms with Crippen molar-refractivity contribution in [2.45, 2.75) is 26.7 Å². The average molecular weight is 326 g/mol. The van der Waals surface area contributed by atoms with E-state index in [4.69, 9.17) is 0 Å². The van der Waals surface area contributed by atoms with Gasteiger partial charge in [-0.2, -0.15) is 4.57 Å². The molecule has 124 valence electrons. The summed E-state index contributed by atoms with van der Waals surface area (Å²) in [6.07, 6.45) is 0. The Balaban J connectivity index is 1.98. The average Bonchev–Trinajstić information content (AvgIpc) is 2.63. The van der Waals surface area contributed by atoms with Crippen molar-refractivity contribution in [3.63, 3.8) is 0 Å². The first kappa shape index (κ1) is 15.8. The Morgan fingerprint density at radius 1 is 0.800 bits per heavy atom. The van der Waals surface area contributed by atoms with Crippen LogP contribution in [0.2, 0.25) is 0 Å². The van der Waals surface area contributed by atoms with Crippen LogP contribution in [0.1, 0.15) is 30.9 Å². The van der Waals surface area contributed by atoms with Gasteiger partial charge in [-0.05, 0) is 52.9 Å². The zero-order valence-corrected chi connectivity index (χ0v) is 15.4. The van der Waals surface area contributed by atoms with Gasteiger partial charge in [0.25, 0.3) is 0 Å². The second kappa shape index (κ2) is 6.00. The van der Waals surface area contributed by atoms with Gasteiger partial charge in [0.05, 0.1) is 0 Å². The van der Waals surface area contributed by atoms with E-state index in [0.29, 0.717) is 5.92 Å². The molecule has 0 aliphatic carbocycles. The third-order valence-electron chi connectivity index (χ3n) is 5.34. The topological polar surface area (TPSA) is 3.88 Å². The molecule has 0 aliphatic rings. The van der Waals surface area contributed by atoms with E-state index in [1.54, 1.807) is 0 Å². The molecule has 1 heteroatoms. The third kappa shape index (κ3) is 2.60. The molecule has 4 aromatic rings. The van der Waals surface area contributed by atoms with Gasteiger partial charge >= 0.3 is 0 Å². The minimum absolute atomic E-state index is 0.537. The molecule has 0 unspecified atom stereocenters. The summed E-state index contributed by atoms with van der Waals surface area (Å²) >= 11 is 0. The van der Waals surface area contributed by atoms with Gasteiger partial charge in [0.1, 0.15) is 7.05 Å². The van der Waals surface area contributed by atoms with E-state index in [1.165, 1.54) is 44.1 Å². The van der Waals surface area contributed by atoms with Crippen LogP contribution in [0, 0.1) is 6.92 Å². The SMILES string of the molecule is Cc1c(-c2ccc3ccc(C(C)C)cc3[n+]2C)ccc2ccccc12. The van der Waals surface area contributed by atoms with E-state index in [1.807, 2.05) is 0 Å². The van der Waals surface area contributed by atoms with E-state index in [0.717, 1.165) is 0 Å². The van der Waals surface area contributed by atoms with E-state index < -0.39 is 0 Å². The largest absolute Gasteiger partial charge is 0.213 e. The molecule has 0 radical (unpaired) electrons. The number of hydrogen-bond donors (Lipinski definition) is 0. The lowest BCUT2D eigenvalue weighted by Gasteiger charge is -2.11. The lowest BCUT2D eigenvalue weighted by Crippen LogP contribution is -2.32. The zero-order chi connectivity index (χ0) is 17.6. The molecule has 0 atom stereocenters.